The van der Waals surface area contributed by atoms with Gasteiger partial charge in [0.2, 0.25) is 5.91 Å². The molecule has 1 heterocycles. The minimum absolute atomic E-state index is 0.0210. The van der Waals surface area contributed by atoms with Gasteiger partial charge >= 0.3 is 6.03 Å². The molecule has 1 aliphatic heterocycles. The van der Waals surface area contributed by atoms with E-state index in [1.807, 2.05) is 18.2 Å². The summed E-state index contributed by atoms with van der Waals surface area (Å²) in [5.74, 6) is 0.868. The number of carbonyl (C=O) groups is 3. The van der Waals surface area contributed by atoms with Crippen molar-refractivity contribution < 1.29 is 14.4 Å². The van der Waals surface area contributed by atoms with Crippen molar-refractivity contribution >= 4 is 17.8 Å². The van der Waals surface area contributed by atoms with E-state index in [0.29, 0.717) is 17.8 Å². The van der Waals surface area contributed by atoms with Crippen LogP contribution in [-0.2, 0) is 9.59 Å². The van der Waals surface area contributed by atoms with Crippen LogP contribution in [-0.4, -0.2) is 41.9 Å². The maximum Gasteiger partial charge on any atom is 0.325 e. The van der Waals surface area contributed by atoms with Crippen LogP contribution in [0.15, 0.2) is 30.3 Å². The van der Waals surface area contributed by atoms with Gasteiger partial charge in [-0.05, 0) is 30.2 Å². The molecular weight excluding hydrogens is 318 g/mol. The Kier molecular flexibility index (Phi) is 4.19. The summed E-state index contributed by atoms with van der Waals surface area (Å²) in [6.45, 7) is -0.215. The first-order chi connectivity index (χ1) is 12.1. The van der Waals surface area contributed by atoms with Crippen molar-refractivity contribution in [2.45, 2.75) is 37.6 Å². The van der Waals surface area contributed by atoms with Crippen LogP contribution in [0.2, 0.25) is 0 Å². The van der Waals surface area contributed by atoms with Gasteiger partial charge in [-0.3, -0.25) is 14.5 Å². The zero-order valence-corrected chi connectivity index (χ0v) is 14.1. The summed E-state index contributed by atoms with van der Waals surface area (Å²) in [6, 6.07) is 9.96. The molecule has 6 nitrogen and oxygen atoms in total. The Labute approximate surface area is 147 Å². The van der Waals surface area contributed by atoms with Crippen LogP contribution in [0.1, 0.15) is 37.2 Å². The van der Waals surface area contributed by atoms with Gasteiger partial charge in [-0.1, -0.05) is 43.2 Å². The predicted octanol–water partition coefficient (Wildman–Crippen LogP) is 1.63. The molecule has 6 heteroatoms. The molecule has 2 aliphatic carbocycles. The minimum Gasteiger partial charge on any atom is -0.351 e. The number of benzene rings is 1. The van der Waals surface area contributed by atoms with E-state index in [4.69, 9.17) is 0 Å². The predicted molar refractivity (Wildman–Crippen MR) is 91.7 cm³/mol. The number of nitrogens with one attached hydrogen (secondary N) is 2. The Morgan fingerprint density at radius 1 is 1.12 bits per heavy atom. The molecule has 0 bridgehead atoms. The summed E-state index contributed by atoms with van der Waals surface area (Å²) in [5, 5.41) is 5.56. The number of carbonyl (C=O) groups excluding carboxylic acids is 3. The maximum absolute atomic E-state index is 12.5. The number of hydrogen-bond acceptors (Lipinski definition) is 3. The largest absolute Gasteiger partial charge is 0.351 e. The third-order valence-corrected chi connectivity index (χ3v) is 5.94. The van der Waals surface area contributed by atoms with E-state index in [9.17, 15) is 14.4 Å². The Morgan fingerprint density at radius 2 is 1.84 bits per heavy atom. The molecule has 1 aromatic rings. The molecule has 132 valence electrons. The highest BCUT2D eigenvalue weighted by Gasteiger charge is 2.51. The fourth-order valence-electron chi connectivity index (χ4n) is 4.78. The molecule has 4 rings (SSSR count). The molecule has 0 radical (unpaired) electrons. The number of nitrogens with zero attached hydrogens (tertiary/aromatic N) is 1. The van der Waals surface area contributed by atoms with Gasteiger partial charge in [0.15, 0.2) is 0 Å². The van der Waals surface area contributed by atoms with E-state index in [0.717, 1.165) is 11.3 Å². The molecule has 0 aromatic heterocycles. The summed E-state index contributed by atoms with van der Waals surface area (Å²) < 4.78 is 0. The summed E-state index contributed by atoms with van der Waals surface area (Å²) >= 11 is 0. The fraction of sp³-hybridized carbons (Fsp3) is 0.526. The zero-order valence-electron chi connectivity index (χ0n) is 14.1. The summed E-state index contributed by atoms with van der Waals surface area (Å²) in [6.07, 6.45) is 4.82. The summed E-state index contributed by atoms with van der Waals surface area (Å²) in [7, 11) is 0. The molecule has 3 aliphatic rings. The molecule has 25 heavy (non-hydrogen) atoms. The molecule has 4 atom stereocenters. The van der Waals surface area contributed by atoms with Gasteiger partial charge in [0.25, 0.3) is 5.91 Å². The molecular formula is C19H23N3O3. The van der Waals surface area contributed by atoms with Gasteiger partial charge in [0.05, 0.1) is 6.54 Å². The number of imide groups is 1. The Hall–Kier alpha value is -2.37. The first-order valence-electron chi connectivity index (χ1n) is 9.07. The molecule has 4 amide bonds. The van der Waals surface area contributed by atoms with E-state index >= 15 is 0 Å². The first-order valence-corrected chi connectivity index (χ1v) is 9.07. The third kappa shape index (κ3) is 2.90. The van der Waals surface area contributed by atoms with Crippen LogP contribution >= 0.6 is 0 Å². The highest BCUT2D eigenvalue weighted by molar-refractivity contribution is 6.04. The van der Waals surface area contributed by atoms with Crippen LogP contribution < -0.4 is 10.6 Å². The van der Waals surface area contributed by atoms with Crippen molar-refractivity contribution in [3.05, 3.63) is 35.9 Å². The molecule has 3 fully saturated rings. The van der Waals surface area contributed by atoms with E-state index in [1.165, 1.54) is 24.8 Å². The smallest absolute Gasteiger partial charge is 0.325 e. The summed E-state index contributed by atoms with van der Waals surface area (Å²) in [5.41, 5.74) is 1.27. The van der Waals surface area contributed by atoms with E-state index in [2.05, 4.69) is 22.8 Å². The second kappa shape index (κ2) is 6.50. The Morgan fingerprint density at radius 3 is 2.52 bits per heavy atom. The SMILES string of the molecule is O=C(CN1C(=O)CNC1=O)N[C@H]1C2CCCCC2[C@@H]1c1ccccc1. The second-order valence-corrected chi connectivity index (χ2v) is 7.28. The van der Waals surface area contributed by atoms with E-state index in [-0.39, 0.29) is 30.9 Å². The second-order valence-electron chi connectivity index (χ2n) is 7.28. The molecule has 1 saturated heterocycles. The van der Waals surface area contributed by atoms with Crippen LogP contribution in [0.4, 0.5) is 4.79 Å². The van der Waals surface area contributed by atoms with Gasteiger partial charge < -0.3 is 10.6 Å². The van der Waals surface area contributed by atoms with Gasteiger partial charge in [0.1, 0.15) is 6.54 Å². The number of hydrogen-bond donors (Lipinski definition) is 2. The lowest BCUT2D eigenvalue weighted by molar-refractivity contribution is -0.132. The molecule has 2 unspecified atom stereocenters. The number of urea groups is 1. The quantitative estimate of drug-likeness (QED) is 0.817. The monoisotopic (exact) mass is 341 g/mol. The van der Waals surface area contributed by atoms with Crippen molar-refractivity contribution in [3.8, 4) is 0 Å². The normalized spacial score (nSPS) is 31.1. The lowest BCUT2D eigenvalue weighted by Gasteiger charge is -2.55. The number of fused-ring (bicyclic) bond motifs is 1. The maximum atomic E-state index is 12.5. The fourth-order valence-corrected chi connectivity index (χ4v) is 4.78. The first kappa shape index (κ1) is 16.1. The molecule has 2 saturated carbocycles. The van der Waals surface area contributed by atoms with Gasteiger partial charge in [0, 0.05) is 12.0 Å². The van der Waals surface area contributed by atoms with Crippen molar-refractivity contribution in [2.75, 3.05) is 13.1 Å². The van der Waals surface area contributed by atoms with E-state index in [1.54, 1.807) is 0 Å². The van der Waals surface area contributed by atoms with Crippen molar-refractivity contribution in [1.82, 2.24) is 15.5 Å². The average Bonchev–Trinajstić information content (AvgIpc) is 2.93. The van der Waals surface area contributed by atoms with Crippen molar-refractivity contribution in [1.29, 1.82) is 0 Å². The molecule has 0 spiro atoms. The Balaban J connectivity index is 1.46. The molecule has 2 N–H and O–H groups in total. The average molecular weight is 341 g/mol. The highest BCUT2D eigenvalue weighted by atomic mass is 16.2. The van der Waals surface area contributed by atoms with Gasteiger partial charge in [-0.25, -0.2) is 4.79 Å². The van der Waals surface area contributed by atoms with Crippen molar-refractivity contribution in [2.24, 2.45) is 11.8 Å². The number of rotatable bonds is 4. The number of amides is 4. The van der Waals surface area contributed by atoms with Crippen molar-refractivity contribution in [3.63, 3.8) is 0 Å². The highest BCUT2D eigenvalue weighted by Crippen LogP contribution is 2.54. The van der Waals surface area contributed by atoms with Gasteiger partial charge in [-0.15, -0.1) is 0 Å². The molecule has 1 aromatic carbocycles. The summed E-state index contributed by atoms with van der Waals surface area (Å²) in [4.78, 5) is 36.7. The van der Waals surface area contributed by atoms with Crippen LogP contribution in [0, 0.1) is 11.8 Å². The third-order valence-electron chi connectivity index (χ3n) is 5.94. The van der Waals surface area contributed by atoms with Crippen LogP contribution in [0.25, 0.3) is 0 Å². The topological polar surface area (TPSA) is 78.5 Å². The van der Waals surface area contributed by atoms with Crippen LogP contribution in [0.3, 0.4) is 0 Å². The van der Waals surface area contributed by atoms with Gasteiger partial charge in [-0.2, -0.15) is 0 Å². The zero-order chi connectivity index (χ0) is 17.4. The lowest BCUT2D eigenvalue weighted by atomic mass is 9.53. The minimum atomic E-state index is -0.482. The van der Waals surface area contributed by atoms with Crippen LogP contribution in [0.5, 0.6) is 0 Å². The lowest BCUT2D eigenvalue weighted by Crippen LogP contribution is -2.60. The Bertz CT molecular complexity index is 674. The van der Waals surface area contributed by atoms with E-state index < -0.39 is 6.03 Å². The standard InChI is InChI=1S/C19H23N3O3/c23-15(11-22-16(24)10-20-19(22)25)21-18-14-9-5-4-8-13(14)17(18)12-6-2-1-3-7-12/h1-3,6-7,13-14,17-18H,4-5,8-11H2,(H,20,25)(H,21,23)/t13?,14?,17-,18-/m0/s1.